The minimum atomic E-state index is -0.320. The lowest BCUT2D eigenvalue weighted by Gasteiger charge is -2.09. The molecule has 2 aromatic rings. The molecule has 0 saturated heterocycles. The van der Waals surface area contributed by atoms with Gasteiger partial charge in [-0.1, -0.05) is 11.6 Å². The number of carbonyl (C=O) groups is 2. The molecule has 0 unspecified atom stereocenters. The van der Waals surface area contributed by atoms with Crippen LogP contribution in [0.15, 0.2) is 30.5 Å². The van der Waals surface area contributed by atoms with E-state index in [0.29, 0.717) is 27.7 Å². The van der Waals surface area contributed by atoms with Crippen molar-refractivity contribution in [2.75, 3.05) is 18.1 Å². The van der Waals surface area contributed by atoms with Crippen molar-refractivity contribution in [3.8, 4) is 0 Å². The maximum atomic E-state index is 12.2. The highest BCUT2D eigenvalue weighted by atomic mass is 35.5. The summed E-state index contributed by atoms with van der Waals surface area (Å²) < 4.78 is 1.63. The molecule has 0 aliphatic heterocycles. The van der Waals surface area contributed by atoms with Gasteiger partial charge in [0.15, 0.2) is 0 Å². The number of halogens is 1. The predicted octanol–water partition coefficient (Wildman–Crippen LogP) is 1.87. The van der Waals surface area contributed by atoms with E-state index in [-0.39, 0.29) is 11.8 Å². The van der Waals surface area contributed by atoms with Gasteiger partial charge in [0.25, 0.3) is 11.8 Å². The maximum Gasteiger partial charge on any atom is 0.272 e. The summed E-state index contributed by atoms with van der Waals surface area (Å²) in [6.07, 6.45) is 1.65. The van der Waals surface area contributed by atoms with Crippen molar-refractivity contribution < 1.29 is 9.59 Å². The number of nitrogen functional groups attached to an aromatic ring is 1. The number of rotatable bonds is 3. The van der Waals surface area contributed by atoms with Gasteiger partial charge in [-0.2, -0.15) is 0 Å². The number of anilines is 2. The molecule has 0 fully saturated rings. The summed E-state index contributed by atoms with van der Waals surface area (Å²) in [5.74, 6) is -0.640. The van der Waals surface area contributed by atoms with E-state index in [9.17, 15) is 9.59 Å². The Hall–Kier alpha value is -2.47. The van der Waals surface area contributed by atoms with Gasteiger partial charge in [0.05, 0.1) is 16.3 Å². The smallest absolute Gasteiger partial charge is 0.272 e. The summed E-state index contributed by atoms with van der Waals surface area (Å²) in [5, 5.41) is 5.51. The van der Waals surface area contributed by atoms with Gasteiger partial charge in [0.1, 0.15) is 5.69 Å². The fourth-order valence-electron chi connectivity index (χ4n) is 1.92. The van der Waals surface area contributed by atoms with E-state index in [1.165, 1.54) is 13.1 Å². The molecule has 6 nitrogen and oxygen atoms in total. The predicted molar refractivity (Wildman–Crippen MR) is 82.6 cm³/mol. The van der Waals surface area contributed by atoms with Crippen LogP contribution in [0.3, 0.4) is 0 Å². The average molecular weight is 307 g/mol. The highest BCUT2D eigenvalue weighted by Gasteiger charge is 2.14. The molecule has 0 spiro atoms. The lowest BCUT2D eigenvalue weighted by atomic mass is 10.2. The molecule has 2 amide bonds. The van der Waals surface area contributed by atoms with Crippen LogP contribution in [-0.2, 0) is 7.05 Å². The fraction of sp³-hybridized carbons (Fsp3) is 0.143. The second-order valence-electron chi connectivity index (χ2n) is 4.50. The van der Waals surface area contributed by atoms with E-state index in [0.717, 1.165) is 0 Å². The Labute approximate surface area is 126 Å². The molecule has 0 saturated carbocycles. The van der Waals surface area contributed by atoms with Crippen LogP contribution in [0, 0.1) is 0 Å². The van der Waals surface area contributed by atoms with Crippen LogP contribution < -0.4 is 16.4 Å². The van der Waals surface area contributed by atoms with Crippen LogP contribution in [-0.4, -0.2) is 23.4 Å². The Bertz CT molecular complexity index is 709. The Balaban J connectivity index is 2.26. The standard InChI is InChI=1S/C14H15ClN4O2/c1-17-13(20)10-6-9(3-4-11(10)15)18-14(21)12-5-8(16)7-19(12)2/h3-7H,16H2,1-2H3,(H,17,20)(H,18,21). The van der Waals surface area contributed by atoms with E-state index in [4.69, 9.17) is 17.3 Å². The molecule has 110 valence electrons. The van der Waals surface area contributed by atoms with Gasteiger partial charge in [0.2, 0.25) is 0 Å². The number of aromatic nitrogens is 1. The molecule has 7 heteroatoms. The third-order valence-corrected chi connectivity index (χ3v) is 3.28. The number of benzene rings is 1. The first-order chi connectivity index (χ1) is 9.92. The molecule has 0 atom stereocenters. The molecule has 0 radical (unpaired) electrons. The van der Waals surface area contributed by atoms with Crippen LogP contribution in [0.2, 0.25) is 5.02 Å². The molecule has 1 aromatic carbocycles. The topological polar surface area (TPSA) is 89.2 Å². The molecule has 2 rings (SSSR count). The minimum Gasteiger partial charge on any atom is -0.397 e. The normalized spacial score (nSPS) is 10.2. The first-order valence-corrected chi connectivity index (χ1v) is 6.55. The molecule has 0 aliphatic rings. The number of carbonyl (C=O) groups excluding carboxylic acids is 2. The van der Waals surface area contributed by atoms with Gasteiger partial charge in [-0.3, -0.25) is 9.59 Å². The lowest BCUT2D eigenvalue weighted by molar-refractivity contribution is 0.0961. The van der Waals surface area contributed by atoms with Gasteiger partial charge < -0.3 is 20.9 Å². The average Bonchev–Trinajstić information content (AvgIpc) is 2.79. The number of nitrogens with zero attached hydrogens (tertiary/aromatic N) is 1. The number of amides is 2. The van der Waals surface area contributed by atoms with Crippen molar-refractivity contribution >= 4 is 34.8 Å². The minimum absolute atomic E-state index is 0.295. The zero-order valence-electron chi connectivity index (χ0n) is 11.6. The summed E-state index contributed by atoms with van der Waals surface area (Å²) in [7, 11) is 3.24. The quantitative estimate of drug-likeness (QED) is 0.808. The SMILES string of the molecule is CNC(=O)c1cc(NC(=O)c2cc(N)cn2C)ccc1Cl. The second kappa shape index (κ2) is 5.88. The summed E-state index contributed by atoms with van der Waals surface area (Å²) in [5.41, 5.74) is 7.34. The van der Waals surface area contributed by atoms with Gasteiger partial charge in [0, 0.05) is 26.0 Å². The Morgan fingerprint density at radius 1 is 1.24 bits per heavy atom. The molecular weight excluding hydrogens is 292 g/mol. The molecule has 1 aromatic heterocycles. The first kappa shape index (κ1) is 14.9. The Morgan fingerprint density at radius 2 is 1.95 bits per heavy atom. The van der Waals surface area contributed by atoms with E-state index >= 15 is 0 Å². The lowest BCUT2D eigenvalue weighted by Crippen LogP contribution is -2.19. The Morgan fingerprint density at radius 3 is 2.52 bits per heavy atom. The van der Waals surface area contributed by atoms with Crippen LogP contribution in [0.5, 0.6) is 0 Å². The summed E-state index contributed by atoms with van der Waals surface area (Å²) in [6.45, 7) is 0. The number of aryl methyl sites for hydroxylation is 1. The summed E-state index contributed by atoms with van der Waals surface area (Å²) in [6, 6.07) is 6.27. The zero-order valence-corrected chi connectivity index (χ0v) is 12.4. The van der Waals surface area contributed by atoms with Crippen molar-refractivity contribution in [3.05, 3.63) is 46.7 Å². The third-order valence-electron chi connectivity index (χ3n) is 2.95. The van der Waals surface area contributed by atoms with Crippen LogP contribution in [0.4, 0.5) is 11.4 Å². The van der Waals surface area contributed by atoms with Crippen LogP contribution >= 0.6 is 11.6 Å². The maximum absolute atomic E-state index is 12.2. The van der Waals surface area contributed by atoms with Gasteiger partial charge in [-0.25, -0.2) is 0 Å². The van der Waals surface area contributed by atoms with Gasteiger partial charge in [-0.05, 0) is 24.3 Å². The highest BCUT2D eigenvalue weighted by molar-refractivity contribution is 6.34. The molecule has 4 N–H and O–H groups in total. The monoisotopic (exact) mass is 306 g/mol. The van der Waals surface area contributed by atoms with Crippen molar-refractivity contribution in [1.29, 1.82) is 0 Å². The largest absolute Gasteiger partial charge is 0.397 e. The van der Waals surface area contributed by atoms with Crippen molar-refractivity contribution in [2.24, 2.45) is 7.05 Å². The number of hydrogen-bond acceptors (Lipinski definition) is 3. The zero-order chi connectivity index (χ0) is 15.6. The molecule has 1 heterocycles. The second-order valence-corrected chi connectivity index (χ2v) is 4.90. The number of nitrogens with one attached hydrogen (secondary N) is 2. The van der Waals surface area contributed by atoms with Crippen molar-refractivity contribution in [3.63, 3.8) is 0 Å². The molecular formula is C14H15ClN4O2. The number of hydrogen-bond donors (Lipinski definition) is 3. The van der Waals surface area contributed by atoms with Crippen LogP contribution in [0.1, 0.15) is 20.8 Å². The van der Waals surface area contributed by atoms with E-state index < -0.39 is 0 Å². The number of nitrogens with two attached hydrogens (primary N) is 1. The first-order valence-electron chi connectivity index (χ1n) is 6.17. The van der Waals surface area contributed by atoms with Gasteiger partial charge in [-0.15, -0.1) is 0 Å². The van der Waals surface area contributed by atoms with E-state index in [1.807, 2.05) is 0 Å². The van der Waals surface area contributed by atoms with E-state index in [1.54, 1.807) is 36.0 Å². The third kappa shape index (κ3) is 3.17. The summed E-state index contributed by atoms with van der Waals surface area (Å²) in [4.78, 5) is 23.8. The fourth-order valence-corrected chi connectivity index (χ4v) is 2.13. The Kier molecular flexibility index (Phi) is 4.18. The van der Waals surface area contributed by atoms with E-state index in [2.05, 4.69) is 10.6 Å². The van der Waals surface area contributed by atoms with Crippen LogP contribution in [0.25, 0.3) is 0 Å². The van der Waals surface area contributed by atoms with Crippen molar-refractivity contribution in [1.82, 2.24) is 9.88 Å². The highest BCUT2D eigenvalue weighted by Crippen LogP contribution is 2.21. The summed E-state index contributed by atoms with van der Waals surface area (Å²) >= 11 is 5.96. The van der Waals surface area contributed by atoms with Crippen molar-refractivity contribution in [2.45, 2.75) is 0 Å². The molecule has 21 heavy (non-hydrogen) atoms. The molecule has 0 aliphatic carbocycles. The molecule has 0 bridgehead atoms. The van der Waals surface area contributed by atoms with Gasteiger partial charge >= 0.3 is 0 Å².